The molecule has 0 aliphatic carbocycles. The molecule has 0 unspecified atom stereocenters. The highest BCUT2D eigenvalue weighted by molar-refractivity contribution is 7.12. The molecule has 2 amide bonds. The first-order valence-corrected chi connectivity index (χ1v) is 9.88. The largest absolute Gasteiger partial charge is 0.335 e. The number of amides is 2. The second-order valence-corrected chi connectivity index (χ2v) is 7.45. The van der Waals surface area contributed by atoms with Crippen LogP contribution in [0.4, 0.5) is 0 Å². The maximum absolute atomic E-state index is 12.8. The van der Waals surface area contributed by atoms with Crippen molar-refractivity contribution in [3.8, 4) is 11.1 Å². The van der Waals surface area contributed by atoms with Gasteiger partial charge in [0.15, 0.2) is 0 Å². The Labute approximate surface area is 162 Å². The number of carbonyl (C=O) groups excluding carboxylic acids is 2. The molecule has 4 nitrogen and oxygen atoms in total. The van der Waals surface area contributed by atoms with Crippen molar-refractivity contribution in [2.75, 3.05) is 26.2 Å². The van der Waals surface area contributed by atoms with Crippen LogP contribution in [0, 0.1) is 0 Å². The highest BCUT2D eigenvalue weighted by Crippen LogP contribution is 2.20. The molecule has 4 rings (SSSR count). The number of piperazine rings is 1. The fourth-order valence-corrected chi connectivity index (χ4v) is 3.98. The summed E-state index contributed by atoms with van der Waals surface area (Å²) < 4.78 is 0. The van der Waals surface area contributed by atoms with E-state index < -0.39 is 0 Å². The molecular formula is C22H20N2O2S. The fourth-order valence-electron chi connectivity index (χ4n) is 3.29. The molecule has 0 bridgehead atoms. The Morgan fingerprint density at radius 1 is 0.667 bits per heavy atom. The summed E-state index contributed by atoms with van der Waals surface area (Å²) in [4.78, 5) is 29.6. The molecule has 0 N–H and O–H groups in total. The molecule has 27 heavy (non-hydrogen) atoms. The molecule has 0 atom stereocenters. The summed E-state index contributed by atoms with van der Waals surface area (Å²) in [5.41, 5.74) is 2.92. The number of hydrogen-bond acceptors (Lipinski definition) is 3. The van der Waals surface area contributed by atoms with Crippen molar-refractivity contribution in [1.29, 1.82) is 0 Å². The molecule has 0 radical (unpaired) electrons. The maximum atomic E-state index is 12.8. The van der Waals surface area contributed by atoms with Crippen molar-refractivity contribution in [2.45, 2.75) is 0 Å². The van der Waals surface area contributed by atoms with Gasteiger partial charge in [-0.3, -0.25) is 9.59 Å². The van der Waals surface area contributed by atoms with E-state index in [1.807, 2.05) is 69.8 Å². The first-order chi connectivity index (χ1) is 13.2. The van der Waals surface area contributed by atoms with E-state index in [0.717, 1.165) is 16.0 Å². The lowest BCUT2D eigenvalue weighted by atomic mass is 10.0. The van der Waals surface area contributed by atoms with Gasteiger partial charge in [0.25, 0.3) is 11.8 Å². The van der Waals surface area contributed by atoms with Crippen molar-refractivity contribution < 1.29 is 9.59 Å². The van der Waals surface area contributed by atoms with Crippen LogP contribution in [-0.4, -0.2) is 47.8 Å². The quantitative estimate of drug-likeness (QED) is 0.693. The van der Waals surface area contributed by atoms with E-state index in [1.165, 1.54) is 11.3 Å². The third kappa shape index (κ3) is 3.78. The third-order valence-electron chi connectivity index (χ3n) is 4.83. The predicted octanol–water partition coefficient (Wildman–Crippen LogP) is 4.01. The van der Waals surface area contributed by atoms with Gasteiger partial charge in [0, 0.05) is 31.7 Å². The topological polar surface area (TPSA) is 40.6 Å². The third-order valence-corrected chi connectivity index (χ3v) is 5.68. The van der Waals surface area contributed by atoms with E-state index in [-0.39, 0.29) is 11.8 Å². The van der Waals surface area contributed by atoms with Crippen LogP contribution in [0.5, 0.6) is 0 Å². The maximum Gasteiger partial charge on any atom is 0.264 e. The van der Waals surface area contributed by atoms with E-state index in [4.69, 9.17) is 0 Å². The first kappa shape index (κ1) is 17.5. The van der Waals surface area contributed by atoms with Gasteiger partial charge < -0.3 is 9.80 Å². The van der Waals surface area contributed by atoms with Crippen LogP contribution in [0.2, 0.25) is 0 Å². The van der Waals surface area contributed by atoms with Crippen LogP contribution >= 0.6 is 11.3 Å². The average Bonchev–Trinajstić information content (AvgIpc) is 3.28. The van der Waals surface area contributed by atoms with Crippen LogP contribution in [0.15, 0.2) is 72.1 Å². The molecule has 1 saturated heterocycles. The molecular weight excluding hydrogens is 356 g/mol. The summed E-state index contributed by atoms with van der Waals surface area (Å²) in [6.45, 7) is 2.28. The van der Waals surface area contributed by atoms with Gasteiger partial charge in [-0.25, -0.2) is 0 Å². The van der Waals surface area contributed by atoms with Gasteiger partial charge in [0.05, 0.1) is 4.88 Å². The Balaban J connectivity index is 1.39. The van der Waals surface area contributed by atoms with Crippen molar-refractivity contribution in [3.63, 3.8) is 0 Å². The number of nitrogens with zero attached hydrogens (tertiary/aromatic N) is 2. The predicted molar refractivity (Wildman–Crippen MR) is 108 cm³/mol. The number of thiophene rings is 1. The van der Waals surface area contributed by atoms with Gasteiger partial charge in [-0.05, 0) is 34.7 Å². The normalized spacial score (nSPS) is 14.2. The molecule has 136 valence electrons. The molecule has 2 heterocycles. The molecule has 1 aromatic heterocycles. The van der Waals surface area contributed by atoms with Crippen molar-refractivity contribution in [2.24, 2.45) is 0 Å². The standard InChI is InChI=1S/C22H20N2O2S/c25-21(19-10-8-18(9-11-19)17-5-2-1-3-6-17)23-12-14-24(15-13-23)22(26)20-7-4-16-27-20/h1-11,16H,12-15H2. The van der Waals surface area contributed by atoms with Gasteiger partial charge in [-0.2, -0.15) is 0 Å². The first-order valence-electron chi connectivity index (χ1n) is 9.00. The second kappa shape index (κ2) is 7.76. The monoisotopic (exact) mass is 376 g/mol. The van der Waals surface area contributed by atoms with E-state index in [2.05, 4.69) is 12.1 Å². The van der Waals surface area contributed by atoms with Crippen molar-refractivity contribution in [3.05, 3.63) is 82.6 Å². The van der Waals surface area contributed by atoms with Crippen LogP contribution in [0.25, 0.3) is 11.1 Å². The van der Waals surface area contributed by atoms with E-state index in [1.54, 1.807) is 0 Å². The zero-order valence-corrected chi connectivity index (χ0v) is 15.7. The summed E-state index contributed by atoms with van der Waals surface area (Å²) in [6.07, 6.45) is 0. The van der Waals surface area contributed by atoms with Gasteiger partial charge >= 0.3 is 0 Å². The van der Waals surface area contributed by atoms with Crippen LogP contribution in [-0.2, 0) is 0 Å². The van der Waals surface area contributed by atoms with Gasteiger partial charge in [-0.15, -0.1) is 11.3 Å². The minimum Gasteiger partial charge on any atom is -0.335 e. The summed E-state index contributed by atoms with van der Waals surface area (Å²) in [5.74, 6) is 0.0853. The van der Waals surface area contributed by atoms with Gasteiger partial charge in [0.2, 0.25) is 0 Å². The Kier molecular flexibility index (Phi) is 5.03. The Morgan fingerprint density at radius 2 is 1.26 bits per heavy atom. The summed E-state index contributed by atoms with van der Waals surface area (Å²) in [7, 11) is 0. The molecule has 0 saturated carbocycles. The van der Waals surface area contributed by atoms with Crippen molar-refractivity contribution >= 4 is 23.2 Å². The highest BCUT2D eigenvalue weighted by Gasteiger charge is 2.25. The summed E-state index contributed by atoms with van der Waals surface area (Å²) in [5, 5.41) is 1.91. The Morgan fingerprint density at radius 3 is 1.85 bits per heavy atom. The van der Waals surface area contributed by atoms with Crippen molar-refractivity contribution in [1.82, 2.24) is 9.80 Å². The van der Waals surface area contributed by atoms with Gasteiger partial charge in [-0.1, -0.05) is 48.5 Å². The molecule has 2 aromatic carbocycles. The number of hydrogen-bond donors (Lipinski definition) is 0. The lowest BCUT2D eigenvalue weighted by Crippen LogP contribution is -2.50. The van der Waals surface area contributed by atoms with E-state index in [0.29, 0.717) is 31.7 Å². The minimum absolute atomic E-state index is 0.0258. The van der Waals surface area contributed by atoms with Crippen LogP contribution in [0.1, 0.15) is 20.0 Å². The van der Waals surface area contributed by atoms with Crippen LogP contribution < -0.4 is 0 Å². The molecule has 1 aliphatic rings. The van der Waals surface area contributed by atoms with Crippen LogP contribution in [0.3, 0.4) is 0 Å². The molecule has 0 spiro atoms. The molecule has 5 heteroatoms. The Hall–Kier alpha value is -2.92. The minimum atomic E-state index is 0.0258. The van der Waals surface area contributed by atoms with E-state index in [9.17, 15) is 9.59 Å². The fraction of sp³-hybridized carbons (Fsp3) is 0.182. The zero-order valence-electron chi connectivity index (χ0n) is 14.9. The number of rotatable bonds is 3. The molecule has 3 aromatic rings. The highest BCUT2D eigenvalue weighted by atomic mass is 32.1. The number of carbonyl (C=O) groups is 2. The summed E-state index contributed by atoms with van der Waals surface area (Å²) >= 11 is 1.46. The second-order valence-electron chi connectivity index (χ2n) is 6.51. The average molecular weight is 376 g/mol. The summed E-state index contributed by atoms with van der Waals surface area (Å²) in [6, 6.07) is 21.6. The SMILES string of the molecule is O=C(c1ccc(-c2ccccc2)cc1)N1CCN(C(=O)c2cccs2)CC1. The van der Waals surface area contributed by atoms with Gasteiger partial charge in [0.1, 0.15) is 0 Å². The lowest BCUT2D eigenvalue weighted by Gasteiger charge is -2.34. The number of benzene rings is 2. The lowest BCUT2D eigenvalue weighted by molar-refractivity contribution is 0.0538. The van der Waals surface area contributed by atoms with E-state index >= 15 is 0 Å². The molecule has 1 aliphatic heterocycles. The zero-order chi connectivity index (χ0) is 18.6. The molecule has 1 fully saturated rings. The Bertz CT molecular complexity index is 913. The smallest absolute Gasteiger partial charge is 0.264 e.